The highest BCUT2D eigenvalue weighted by Crippen LogP contribution is 2.33. The average Bonchev–Trinajstić information content (AvgIpc) is 2.93. The molecule has 0 saturated carbocycles. The van der Waals surface area contributed by atoms with Crippen LogP contribution >= 0.6 is 11.3 Å². The van der Waals surface area contributed by atoms with Crippen LogP contribution in [0.2, 0.25) is 0 Å². The van der Waals surface area contributed by atoms with Gasteiger partial charge in [-0.25, -0.2) is 4.98 Å². The lowest BCUT2D eigenvalue weighted by molar-refractivity contribution is 0.238. The topological polar surface area (TPSA) is 33.1 Å². The van der Waals surface area contributed by atoms with E-state index in [9.17, 15) is 5.11 Å². The second-order valence-electron chi connectivity index (χ2n) is 4.38. The van der Waals surface area contributed by atoms with E-state index in [1.807, 2.05) is 54.6 Å². The predicted molar refractivity (Wildman–Crippen MR) is 83.6 cm³/mol. The lowest BCUT2D eigenvalue weighted by atomic mass is 10.0. The summed E-state index contributed by atoms with van der Waals surface area (Å²) in [6.45, 7) is 3.69. The highest BCUT2D eigenvalue weighted by atomic mass is 32.1. The monoisotopic (exact) mass is 279 g/mol. The lowest BCUT2D eigenvalue weighted by Gasteiger charge is -2.10. The highest BCUT2D eigenvalue weighted by molar-refractivity contribution is 7.18. The molecule has 1 atom stereocenters. The highest BCUT2D eigenvalue weighted by Gasteiger charge is 2.18. The number of hydrogen-bond acceptors (Lipinski definition) is 3. The number of thiazole rings is 1. The molecule has 0 aliphatic heterocycles. The van der Waals surface area contributed by atoms with Crippen LogP contribution < -0.4 is 0 Å². The minimum atomic E-state index is -0.799. The van der Waals surface area contributed by atoms with Crippen molar-refractivity contribution in [3.63, 3.8) is 0 Å². The van der Waals surface area contributed by atoms with E-state index in [1.54, 1.807) is 0 Å². The second kappa shape index (κ2) is 5.43. The van der Waals surface area contributed by atoms with Gasteiger partial charge in [-0.15, -0.1) is 17.1 Å². The van der Waals surface area contributed by atoms with Gasteiger partial charge in [0, 0.05) is 5.57 Å². The Morgan fingerprint density at radius 1 is 1.10 bits per heavy atom. The number of rotatable bonds is 3. The molecular weight excluding hydrogens is 266 g/mol. The van der Waals surface area contributed by atoms with E-state index >= 15 is 0 Å². The van der Waals surface area contributed by atoms with Crippen molar-refractivity contribution in [1.29, 1.82) is 0 Å². The van der Waals surface area contributed by atoms with Gasteiger partial charge in [0.25, 0.3) is 0 Å². The van der Waals surface area contributed by atoms with E-state index in [0.29, 0.717) is 10.6 Å². The van der Waals surface area contributed by atoms with Crippen LogP contribution in [0.25, 0.3) is 15.8 Å². The summed E-state index contributed by atoms with van der Waals surface area (Å²) in [6.07, 6.45) is -0.799. The predicted octanol–water partition coefficient (Wildman–Crippen LogP) is 4.20. The molecular formula is C17H13NOS. The molecule has 0 spiro atoms. The second-order valence-corrected chi connectivity index (χ2v) is 5.44. The Morgan fingerprint density at radius 2 is 1.80 bits per heavy atom. The zero-order chi connectivity index (χ0) is 13.9. The first kappa shape index (κ1) is 12.8. The molecule has 20 heavy (non-hydrogen) atoms. The van der Waals surface area contributed by atoms with Crippen molar-refractivity contribution < 1.29 is 5.11 Å². The Bertz CT molecular complexity index is 752. The van der Waals surface area contributed by atoms with Crippen LogP contribution in [0.4, 0.5) is 0 Å². The maximum absolute atomic E-state index is 10.5. The molecule has 3 aromatic rings. The summed E-state index contributed by atoms with van der Waals surface area (Å²) in [5.74, 6) is 0. The molecule has 1 aromatic heterocycles. The maximum Gasteiger partial charge on any atom is 0.138 e. The summed E-state index contributed by atoms with van der Waals surface area (Å²) in [7, 11) is 0. The van der Waals surface area contributed by atoms with Gasteiger partial charge in [0.2, 0.25) is 0 Å². The zero-order valence-electron chi connectivity index (χ0n) is 10.8. The first-order valence-electron chi connectivity index (χ1n) is 6.28. The third-order valence-electron chi connectivity index (χ3n) is 3.09. The number of aliphatic hydroxyl groups excluding tert-OH is 1. The summed E-state index contributed by atoms with van der Waals surface area (Å²) in [6, 6.07) is 17.5. The van der Waals surface area contributed by atoms with Gasteiger partial charge in [-0.3, -0.25) is 0 Å². The first-order chi connectivity index (χ1) is 9.79. The van der Waals surface area contributed by atoms with Crippen molar-refractivity contribution in [2.45, 2.75) is 6.10 Å². The van der Waals surface area contributed by atoms with Gasteiger partial charge in [-0.1, -0.05) is 49.0 Å². The Balaban J connectivity index is 2.03. The molecule has 1 unspecified atom stereocenters. The molecule has 0 aliphatic rings. The van der Waals surface area contributed by atoms with E-state index in [0.717, 1.165) is 15.8 Å². The average molecular weight is 279 g/mol. The summed E-state index contributed by atoms with van der Waals surface area (Å²) < 4.78 is 1.07. The number of nitrogens with zero attached hydrogens (tertiary/aromatic N) is 1. The van der Waals surface area contributed by atoms with Crippen LogP contribution in [0.15, 0.2) is 66.9 Å². The number of hydrogen-bond donors (Lipinski definition) is 1. The van der Waals surface area contributed by atoms with Crippen LogP contribution in [0.5, 0.6) is 0 Å². The first-order valence-corrected chi connectivity index (χ1v) is 7.10. The van der Waals surface area contributed by atoms with Crippen molar-refractivity contribution in [1.82, 2.24) is 4.98 Å². The largest absolute Gasteiger partial charge is 0.380 e. The van der Waals surface area contributed by atoms with Gasteiger partial charge in [-0.2, -0.15) is 0 Å². The molecule has 0 radical (unpaired) electrons. The Morgan fingerprint density at radius 3 is 2.50 bits per heavy atom. The maximum atomic E-state index is 10.5. The number of para-hydroxylation sites is 1. The number of benzene rings is 2. The van der Waals surface area contributed by atoms with Gasteiger partial charge >= 0.3 is 0 Å². The van der Waals surface area contributed by atoms with E-state index < -0.39 is 6.10 Å². The summed E-state index contributed by atoms with van der Waals surface area (Å²) in [5, 5.41) is 11.2. The molecule has 3 rings (SSSR count). The van der Waals surface area contributed by atoms with E-state index in [4.69, 9.17) is 0 Å². The summed E-state index contributed by atoms with van der Waals surface area (Å²) >= 11 is 1.49. The molecule has 2 nitrogen and oxygen atoms in total. The van der Waals surface area contributed by atoms with Crippen molar-refractivity contribution in [2.24, 2.45) is 0 Å². The van der Waals surface area contributed by atoms with E-state index in [-0.39, 0.29) is 0 Å². The lowest BCUT2D eigenvalue weighted by Crippen LogP contribution is -1.99. The third-order valence-corrected chi connectivity index (χ3v) is 4.18. The zero-order valence-corrected chi connectivity index (χ0v) is 11.6. The fourth-order valence-corrected chi connectivity index (χ4v) is 3.07. The molecule has 3 heteroatoms. The molecule has 2 aromatic carbocycles. The van der Waals surface area contributed by atoms with Crippen LogP contribution in [0.1, 0.15) is 16.7 Å². The molecule has 0 fully saturated rings. The van der Waals surface area contributed by atoms with Gasteiger partial charge in [0.05, 0.1) is 10.2 Å². The van der Waals surface area contributed by atoms with Crippen LogP contribution in [-0.4, -0.2) is 10.1 Å². The molecule has 1 N–H and O–H groups in total. The van der Waals surface area contributed by atoms with Crippen molar-refractivity contribution >= 4 is 27.1 Å². The standard InChI is InChI=1S/C17H13NOS/c1-2-13(12-8-4-3-5-9-12)16(19)17-18-14-10-6-7-11-15(14)20-17/h3-11,16,19H,1H2. The van der Waals surface area contributed by atoms with Crippen molar-refractivity contribution in [3.05, 3.63) is 77.5 Å². The van der Waals surface area contributed by atoms with Crippen LogP contribution in [-0.2, 0) is 0 Å². The quantitative estimate of drug-likeness (QED) is 0.729. The van der Waals surface area contributed by atoms with Crippen LogP contribution in [0, 0.1) is 0 Å². The third kappa shape index (κ3) is 2.30. The number of aliphatic hydroxyl groups is 1. The van der Waals surface area contributed by atoms with E-state index in [2.05, 4.69) is 17.3 Å². The molecule has 98 valence electrons. The van der Waals surface area contributed by atoms with Gasteiger partial charge in [-0.05, 0) is 17.7 Å². The van der Waals surface area contributed by atoms with Gasteiger partial charge in [0.1, 0.15) is 11.1 Å². The Kier molecular flexibility index (Phi) is 3.48. The van der Waals surface area contributed by atoms with Gasteiger partial charge in [0.15, 0.2) is 0 Å². The fourth-order valence-electron chi connectivity index (χ4n) is 2.10. The minimum absolute atomic E-state index is 0.657. The molecule has 0 amide bonds. The van der Waals surface area contributed by atoms with Crippen molar-refractivity contribution in [3.8, 4) is 0 Å². The molecule has 0 saturated heterocycles. The minimum Gasteiger partial charge on any atom is -0.380 e. The molecule has 1 heterocycles. The number of fused-ring (bicyclic) bond motifs is 1. The van der Waals surface area contributed by atoms with Gasteiger partial charge < -0.3 is 5.11 Å². The summed E-state index contributed by atoms with van der Waals surface area (Å²) in [4.78, 5) is 4.49. The number of aromatic nitrogens is 1. The molecule has 0 aliphatic carbocycles. The molecule has 0 bridgehead atoms. The Labute approximate surface area is 121 Å². The van der Waals surface area contributed by atoms with Crippen molar-refractivity contribution in [2.75, 3.05) is 0 Å². The van der Waals surface area contributed by atoms with Crippen LogP contribution in [0.3, 0.4) is 0 Å². The summed E-state index contributed by atoms with van der Waals surface area (Å²) in [5.41, 5.74) is 5.32. The smallest absolute Gasteiger partial charge is 0.138 e. The van der Waals surface area contributed by atoms with E-state index in [1.165, 1.54) is 11.3 Å². The fraction of sp³-hybridized carbons (Fsp3) is 0.0588. The Hall–Kier alpha value is -2.19. The SMILES string of the molecule is C=C=C(c1ccccc1)C(O)c1nc2ccccc2s1. The normalized spacial score (nSPS) is 12.1.